The molecule has 0 radical (unpaired) electrons. The Kier molecular flexibility index (Phi) is 4.86. The first-order chi connectivity index (χ1) is 10.4. The van der Waals surface area contributed by atoms with Gasteiger partial charge in [-0.3, -0.25) is 4.79 Å². The second kappa shape index (κ2) is 6.65. The molecule has 2 aromatic rings. The Balaban J connectivity index is 2.35. The van der Waals surface area contributed by atoms with Gasteiger partial charge in [0.15, 0.2) is 0 Å². The number of carbonyl (C=O) groups excluding carboxylic acids is 1. The van der Waals surface area contributed by atoms with Gasteiger partial charge in [-0.05, 0) is 38.5 Å². The number of benzene rings is 2. The van der Waals surface area contributed by atoms with Crippen LogP contribution in [0.1, 0.15) is 36.7 Å². The molecule has 3 nitrogen and oxygen atoms in total. The predicted octanol–water partition coefficient (Wildman–Crippen LogP) is 4.14. The van der Waals surface area contributed by atoms with Gasteiger partial charge < -0.3 is 9.64 Å². The number of ether oxygens (including phenoxy) is 1. The Morgan fingerprint density at radius 1 is 1.00 bits per heavy atom. The van der Waals surface area contributed by atoms with Gasteiger partial charge in [-0.1, -0.05) is 42.5 Å². The first kappa shape index (κ1) is 16.1. The SMILES string of the molecule is COc1ccccc1C(=O)N(Cc1ccccc1)C(C)(C)C. The standard InChI is InChI=1S/C19H23NO2/c1-19(2,3)20(14-15-10-6-5-7-11-15)18(21)16-12-8-9-13-17(16)22-4/h5-13H,14H2,1-4H3. The third kappa shape index (κ3) is 3.67. The van der Waals surface area contributed by atoms with Crippen LogP contribution in [0.4, 0.5) is 0 Å². The summed E-state index contributed by atoms with van der Waals surface area (Å²) in [5, 5.41) is 0. The molecule has 116 valence electrons. The van der Waals surface area contributed by atoms with Crippen LogP contribution in [0.5, 0.6) is 5.75 Å². The topological polar surface area (TPSA) is 29.5 Å². The monoisotopic (exact) mass is 297 g/mol. The van der Waals surface area contributed by atoms with Crippen LogP contribution >= 0.6 is 0 Å². The fourth-order valence-corrected chi connectivity index (χ4v) is 2.35. The number of methoxy groups -OCH3 is 1. The molecule has 0 bridgehead atoms. The van der Waals surface area contributed by atoms with Gasteiger partial charge >= 0.3 is 0 Å². The van der Waals surface area contributed by atoms with Gasteiger partial charge in [-0.2, -0.15) is 0 Å². The zero-order valence-electron chi connectivity index (χ0n) is 13.7. The molecule has 0 saturated carbocycles. The Labute approximate surface area is 132 Å². The molecule has 0 aromatic heterocycles. The molecule has 2 aromatic carbocycles. The van der Waals surface area contributed by atoms with Gasteiger partial charge in [0.05, 0.1) is 12.7 Å². The van der Waals surface area contributed by atoms with E-state index in [9.17, 15) is 4.79 Å². The number of carbonyl (C=O) groups is 1. The van der Waals surface area contributed by atoms with E-state index in [2.05, 4.69) is 0 Å². The molecule has 0 spiro atoms. The Bertz CT molecular complexity index is 629. The lowest BCUT2D eigenvalue weighted by Gasteiger charge is -2.36. The van der Waals surface area contributed by atoms with Gasteiger partial charge in [-0.25, -0.2) is 0 Å². The molecule has 0 atom stereocenters. The van der Waals surface area contributed by atoms with E-state index in [0.717, 1.165) is 5.56 Å². The van der Waals surface area contributed by atoms with Gasteiger partial charge in [0, 0.05) is 12.1 Å². The number of hydrogen-bond acceptors (Lipinski definition) is 2. The van der Waals surface area contributed by atoms with Crippen molar-refractivity contribution in [2.75, 3.05) is 7.11 Å². The quantitative estimate of drug-likeness (QED) is 0.849. The molecule has 0 unspecified atom stereocenters. The van der Waals surface area contributed by atoms with Crippen LogP contribution < -0.4 is 4.74 Å². The van der Waals surface area contributed by atoms with Crippen molar-refractivity contribution < 1.29 is 9.53 Å². The van der Waals surface area contributed by atoms with Gasteiger partial charge in [0.2, 0.25) is 0 Å². The second-order valence-corrected chi connectivity index (χ2v) is 6.25. The zero-order chi connectivity index (χ0) is 16.2. The lowest BCUT2D eigenvalue weighted by atomic mass is 10.0. The lowest BCUT2D eigenvalue weighted by molar-refractivity contribution is 0.0555. The van der Waals surface area contributed by atoms with Gasteiger partial charge in [0.1, 0.15) is 5.75 Å². The van der Waals surface area contributed by atoms with E-state index in [-0.39, 0.29) is 11.4 Å². The lowest BCUT2D eigenvalue weighted by Crippen LogP contribution is -2.45. The van der Waals surface area contributed by atoms with Crippen LogP contribution in [-0.4, -0.2) is 23.5 Å². The molecular formula is C19H23NO2. The average Bonchev–Trinajstić information content (AvgIpc) is 2.52. The summed E-state index contributed by atoms with van der Waals surface area (Å²) in [6.07, 6.45) is 0. The summed E-state index contributed by atoms with van der Waals surface area (Å²) in [6.45, 7) is 6.71. The first-order valence-corrected chi connectivity index (χ1v) is 7.42. The Morgan fingerprint density at radius 2 is 1.59 bits per heavy atom. The minimum absolute atomic E-state index is 0.0196. The molecule has 1 amide bonds. The average molecular weight is 297 g/mol. The predicted molar refractivity (Wildman–Crippen MR) is 89.1 cm³/mol. The maximum Gasteiger partial charge on any atom is 0.258 e. The molecule has 0 aliphatic carbocycles. The summed E-state index contributed by atoms with van der Waals surface area (Å²) in [5.41, 5.74) is 1.42. The maximum atomic E-state index is 13.0. The van der Waals surface area contributed by atoms with Crippen LogP contribution in [0.15, 0.2) is 54.6 Å². The normalized spacial score (nSPS) is 11.1. The largest absolute Gasteiger partial charge is 0.496 e. The summed E-state index contributed by atoms with van der Waals surface area (Å²) in [5.74, 6) is 0.587. The van der Waals surface area contributed by atoms with E-state index in [1.54, 1.807) is 7.11 Å². The molecular weight excluding hydrogens is 274 g/mol. The van der Waals surface area contributed by atoms with Crippen molar-refractivity contribution in [2.24, 2.45) is 0 Å². The highest BCUT2D eigenvalue weighted by molar-refractivity contribution is 5.97. The van der Waals surface area contributed by atoms with Crippen molar-refractivity contribution in [1.29, 1.82) is 0 Å². The van der Waals surface area contributed by atoms with E-state index in [0.29, 0.717) is 17.9 Å². The molecule has 0 heterocycles. The fourth-order valence-electron chi connectivity index (χ4n) is 2.35. The smallest absolute Gasteiger partial charge is 0.258 e. The van der Waals surface area contributed by atoms with Crippen LogP contribution in [0, 0.1) is 0 Å². The molecule has 3 heteroatoms. The molecule has 2 rings (SSSR count). The zero-order valence-corrected chi connectivity index (χ0v) is 13.7. The number of para-hydroxylation sites is 1. The Morgan fingerprint density at radius 3 is 2.18 bits per heavy atom. The summed E-state index contributed by atoms with van der Waals surface area (Å²) in [7, 11) is 1.59. The van der Waals surface area contributed by atoms with Crippen molar-refractivity contribution in [1.82, 2.24) is 4.90 Å². The van der Waals surface area contributed by atoms with Crippen LogP contribution in [0.3, 0.4) is 0 Å². The van der Waals surface area contributed by atoms with Crippen LogP contribution in [0.25, 0.3) is 0 Å². The summed E-state index contributed by atoms with van der Waals surface area (Å²) < 4.78 is 5.33. The van der Waals surface area contributed by atoms with E-state index < -0.39 is 0 Å². The highest BCUT2D eigenvalue weighted by atomic mass is 16.5. The summed E-state index contributed by atoms with van der Waals surface area (Å²) >= 11 is 0. The minimum atomic E-state index is -0.284. The molecule has 22 heavy (non-hydrogen) atoms. The molecule has 0 N–H and O–H groups in total. The molecule has 0 aliphatic heterocycles. The van der Waals surface area contributed by atoms with E-state index in [1.165, 1.54) is 0 Å². The first-order valence-electron chi connectivity index (χ1n) is 7.42. The van der Waals surface area contributed by atoms with Crippen molar-refractivity contribution in [2.45, 2.75) is 32.9 Å². The maximum absolute atomic E-state index is 13.0. The number of hydrogen-bond donors (Lipinski definition) is 0. The third-order valence-electron chi connectivity index (χ3n) is 3.58. The van der Waals surface area contributed by atoms with Crippen LogP contribution in [-0.2, 0) is 6.54 Å². The van der Waals surface area contributed by atoms with Crippen molar-refractivity contribution >= 4 is 5.91 Å². The molecule has 0 aliphatic rings. The van der Waals surface area contributed by atoms with Crippen molar-refractivity contribution in [3.8, 4) is 5.75 Å². The van der Waals surface area contributed by atoms with E-state index in [4.69, 9.17) is 4.74 Å². The van der Waals surface area contributed by atoms with Gasteiger partial charge in [-0.15, -0.1) is 0 Å². The van der Waals surface area contributed by atoms with Gasteiger partial charge in [0.25, 0.3) is 5.91 Å². The van der Waals surface area contributed by atoms with Crippen LogP contribution in [0.2, 0.25) is 0 Å². The number of amides is 1. The highest BCUT2D eigenvalue weighted by Crippen LogP contribution is 2.25. The summed E-state index contributed by atoms with van der Waals surface area (Å²) in [4.78, 5) is 14.9. The number of nitrogens with zero attached hydrogens (tertiary/aromatic N) is 1. The third-order valence-corrected chi connectivity index (χ3v) is 3.58. The van der Waals surface area contributed by atoms with E-state index in [1.807, 2.05) is 80.3 Å². The molecule has 0 saturated heterocycles. The highest BCUT2D eigenvalue weighted by Gasteiger charge is 2.29. The molecule has 0 fully saturated rings. The van der Waals surface area contributed by atoms with Crippen molar-refractivity contribution in [3.05, 3.63) is 65.7 Å². The fraction of sp³-hybridized carbons (Fsp3) is 0.316. The van der Waals surface area contributed by atoms with E-state index >= 15 is 0 Å². The Hall–Kier alpha value is -2.29. The second-order valence-electron chi connectivity index (χ2n) is 6.25. The van der Waals surface area contributed by atoms with Crippen molar-refractivity contribution in [3.63, 3.8) is 0 Å². The number of rotatable bonds is 4. The minimum Gasteiger partial charge on any atom is -0.496 e. The summed E-state index contributed by atoms with van der Waals surface area (Å²) in [6, 6.07) is 17.4.